The van der Waals surface area contributed by atoms with Crippen LogP contribution >= 0.6 is 0 Å². The topological polar surface area (TPSA) is 24.5 Å². The molecule has 18 heavy (non-hydrogen) atoms. The number of hydrogen-bond acceptors (Lipinski definition) is 3. The molecule has 0 radical (unpaired) electrons. The lowest BCUT2D eigenvalue weighted by Gasteiger charge is -2.26. The molecule has 1 heterocycles. The lowest BCUT2D eigenvalue weighted by Crippen LogP contribution is -2.35. The first-order chi connectivity index (χ1) is 8.61. The maximum Gasteiger partial charge on any atom is 0.145 e. The predicted molar refractivity (Wildman–Crippen MR) is 76.8 cm³/mol. The summed E-state index contributed by atoms with van der Waals surface area (Å²) in [5.74, 6) is 1.00. The third-order valence-electron chi connectivity index (χ3n) is 3.67. The molecule has 1 N–H and O–H groups in total. The Morgan fingerprint density at radius 3 is 2.78 bits per heavy atom. The van der Waals surface area contributed by atoms with E-state index in [1.165, 1.54) is 29.7 Å². The molecule has 0 spiro atoms. The molecule has 1 aliphatic heterocycles. The average molecular weight is 248 g/mol. The van der Waals surface area contributed by atoms with Gasteiger partial charge >= 0.3 is 0 Å². The van der Waals surface area contributed by atoms with Crippen LogP contribution in [0.15, 0.2) is 12.1 Å². The highest BCUT2D eigenvalue weighted by atomic mass is 16.5. The molecule has 1 unspecified atom stereocenters. The first-order valence-electron chi connectivity index (χ1n) is 6.71. The van der Waals surface area contributed by atoms with E-state index in [0.29, 0.717) is 6.04 Å². The molecule has 0 bridgehead atoms. The molecule has 1 aliphatic rings. The van der Waals surface area contributed by atoms with Gasteiger partial charge in [0.15, 0.2) is 0 Å². The third-order valence-corrected chi connectivity index (χ3v) is 3.67. The van der Waals surface area contributed by atoms with Gasteiger partial charge in [-0.25, -0.2) is 0 Å². The van der Waals surface area contributed by atoms with E-state index in [-0.39, 0.29) is 0 Å². The second-order valence-electron chi connectivity index (χ2n) is 5.31. The van der Waals surface area contributed by atoms with Gasteiger partial charge < -0.3 is 15.0 Å². The second-order valence-corrected chi connectivity index (χ2v) is 5.31. The Balaban J connectivity index is 2.19. The van der Waals surface area contributed by atoms with Crippen molar-refractivity contribution in [1.82, 2.24) is 5.32 Å². The number of ether oxygens (including phenoxy) is 1. The third kappa shape index (κ3) is 2.78. The van der Waals surface area contributed by atoms with E-state index in [0.717, 1.165) is 18.8 Å². The molecular weight excluding hydrogens is 224 g/mol. The molecular formula is C15H24N2O. The molecule has 2 rings (SSSR count). The summed E-state index contributed by atoms with van der Waals surface area (Å²) in [5.41, 5.74) is 3.69. The van der Waals surface area contributed by atoms with Gasteiger partial charge in [-0.05, 0) is 50.4 Å². The molecule has 100 valence electrons. The van der Waals surface area contributed by atoms with E-state index >= 15 is 0 Å². The van der Waals surface area contributed by atoms with Crippen molar-refractivity contribution in [2.24, 2.45) is 0 Å². The fraction of sp³-hybridized carbons (Fsp3) is 0.600. The minimum atomic E-state index is 0.612. The Bertz CT molecular complexity index is 411. The monoisotopic (exact) mass is 248 g/mol. The molecule has 0 aromatic heterocycles. The molecule has 1 saturated heterocycles. The van der Waals surface area contributed by atoms with Crippen molar-refractivity contribution in [2.45, 2.75) is 32.7 Å². The van der Waals surface area contributed by atoms with Gasteiger partial charge in [-0.3, -0.25) is 0 Å². The SMILES string of the molecule is COc1c(C)cc(C)cc1N(C)CC1CCCN1. The number of benzene rings is 1. The lowest BCUT2D eigenvalue weighted by molar-refractivity contribution is 0.411. The molecule has 0 saturated carbocycles. The van der Waals surface area contributed by atoms with Gasteiger partial charge in [0.25, 0.3) is 0 Å². The van der Waals surface area contributed by atoms with Crippen LogP contribution in [0.1, 0.15) is 24.0 Å². The molecule has 1 aromatic carbocycles. The summed E-state index contributed by atoms with van der Waals surface area (Å²) in [4.78, 5) is 2.31. The molecule has 3 heteroatoms. The number of hydrogen-bond donors (Lipinski definition) is 1. The Morgan fingerprint density at radius 1 is 1.39 bits per heavy atom. The van der Waals surface area contributed by atoms with Crippen molar-refractivity contribution in [3.8, 4) is 5.75 Å². The number of nitrogens with zero attached hydrogens (tertiary/aromatic N) is 1. The van der Waals surface area contributed by atoms with Crippen LogP contribution in [0.4, 0.5) is 5.69 Å². The van der Waals surface area contributed by atoms with Gasteiger partial charge in [0.05, 0.1) is 12.8 Å². The number of anilines is 1. The normalized spacial score (nSPS) is 19.0. The second kappa shape index (κ2) is 5.61. The van der Waals surface area contributed by atoms with E-state index < -0.39 is 0 Å². The smallest absolute Gasteiger partial charge is 0.145 e. The zero-order chi connectivity index (χ0) is 13.1. The van der Waals surface area contributed by atoms with Crippen LogP contribution in [0.5, 0.6) is 5.75 Å². The summed E-state index contributed by atoms with van der Waals surface area (Å²) in [5, 5.41) is 3.54. The number of aryl methyl sites for hydroxylation is 2. The van der Waals surface area contributed by atoms with Crippen molar-refractivity contribution in [2.75, 3.05) is 32.1 Å². The van der Waals surface area contributed by atoms with E-state index in [2.05, 4.69) is 43.2 Å². The molecule has 1 fully saturated rings. The van der Waals surface area contributed by atoms with Gasteiger partial charge in [0.2, 0.25) is 0 Å². The Kier molecular flexibility index (Phi) is 4.12. The van der Waals surface area contributed by atoms with Crippen LogP contribution in [0.25, 0.3) is 0 Å². The number of nitrogens with one attached hydrogen (secondary N) is 1. The van der Waals surface area contributed by atoms with Crippen molar-refractivity contribution in [3.63, 3.8) is 0 Å². The summed E-state index contributed by atoms with van der Waals surface area (Å²) >= 11 is 0. The zero-order valence-corrected chi connectivity index (χ0v) is 11.9. The first-order valence-corrected chi connectivity index (χ1v) is 6.71. The largest absolute Gasteiger partial charge is 0.494 e. The van der Waals surface area contributed by atoms with E-state index in [4.69, 9.17) is 4.74 Å². The van der Waals surface area contributed by atoms with Crippen LogP contribution in [-0.2, 0) is 0 Å². The number of methoxy groups -OCH3 is 1. The average Bonchev–Trinajstić information content (AvgIpc) is 2.80. The zero-order valence-electron chi connectivity index (χ0n) is 11.9. The van der Waals surface area contributed by atoms with Crippen LogP contribution in [0.3, 0.4) is 0 Å². The minimum absolute atomic E-state index is 0.612. The van der Waals surface area contributed by atoms with Crippen molar-refractivity contribution in [3.05, 3.63) is 23.3 Å². The molecule has 1 atom stereocenters. The molecule has 0 aliphatic carbocycles. The van der Waals surface area contributed by atoms with Gasteiger partial charge in [-0.2, -0.15) is 0 Å². The lowest BCUT2D eigenvalue weighted by atomic mass is 10.1. The van der Waals surface area contributed by atoms with Gasteiger partial charge in [-0.1, -0.05) is 6.07 Å². The summed E-state index contributed by atoms with van der Waals surface area (Å²) in [7, 11) is 3.90. The van der Waals surface area contributed by atoms with Gasteiger partial charge in [-0.15, -0.1) is 0 Å². The fourth-order valence-electron chi connectivity index (χ4n) is 2.82. The summed E-state index contributed by atoms with van der Waals surface area (Å²) in [6.07, 6.45) is 2.57. The maximum atomic E-state index is 5.55. The van der Waals surface area contributed by atoms with E-state index in [9.17, 15) is 0 Å². The van der Waals surface area contributed by atoms with Gasteiger partial charge in [0.1, 0.15) is 5.75 Å². The van der Waals surface area contributed by atoms with Crippen molar-refractivity contribution >= 4 is 5.69 Å². The minimum Gasteiger partial charge on any atom is -0.494 e. The molecule has 1 aromatic rings. The summed E-state index contributed by atoms with van der Waals surface area (Å²) in [6.45, 7) is 6.44. The van der Waals surface area contributed by atoms with Crippen molar-refractivity contribution < 1.29 is 4.74 Å². The fourth-order valence-corrected chi connectivity index (χ4v) is 2.82. The Hall–Kier alpha value is -1.22. The van der Waals surface area contributed by atoms with E-state index in [1.807, 2.05) is 0 Å². The van der Waals surface area contributed by atoms with Gasteiger partial charge in [0, 0.05) is 19.6 Å². The summed E-state index contributed by atoms with van der Waals surface area (Å²) < 4.78 is 5.55. The van der Waals surface area contributed by atoms with E-state index in [1.54, 1.807) is 7.11 Å². The Labute approximate surface area is 110 Å². The van der Waals surface area contributed by atoms with Crippen LogP contribution in [0.2, 0.25) is 0 Å². The predicted octanol–water partition coefficient (Wildman–Crippen LogP) is 2.50. The number of rotatable bonds is 4. The van der Waals surface area contributed by atoms with Crippen molar-refractivity contribution in [1.29, 1.82) is 0 Å². The summed E-state index contributed by atoms with van der Waals surface area (Å²) in [6, 6.07) is 4.99. The molecule has 3 nitrogen and oxygen atoms in total. The quantitative estimate of drug-likeness (QED) is 0.886. The Morgan fingerprint density at radius 2 is 2.17 bits per heavy atom. The maximum absolute atomic E-state index is 5.55. The number of likely N-dealkylation sites (N-methyl/N-ethyl adjacent to an activating group) is 1. The molecule has 0 amide bonds. The highest BCUT2D eigenvalue weighted by molar-refractivity contribution is 5.63. The standard InChI is InChI=1S/C15H24N2O/c1-11-8-12(2)15(18-4)14(9-11)17(3)10-13-6-5-7-16-13/h8-9,13,16H,5-7,10H2,1-4H3. The first kappa shape index (κ1) is 13.2. The van der Waals surface area contributed by atoms with Crippen LogP contribution in [-0.4, -0.2) is 33.3 Å². The van der Waals surface area contributed by atoms with Crippen LogP contribution in [0, 0.1) is 13.8 Å². The highest BCUT2D eigenvalue weighted by Gasteiger charge is 2.18. The van der Waals surface area contributed by atoms with Crippen LogP contribution < -0.4 is 15.0 Å². The highest BCUT2D eigenvalue weighted by Crippen LogP contribution is 2.32.